The van der Waals surface area contributed by atoms with Crippen LogP contribution in [0.2, 0.25) is 0 Å². The molecule has 5 heteroatoms. The fraction of sp³-hybridized carbons (Fsp3) is 0.500. The molecule has 0 radical (unpaired) electrons. The van der Waals surface area contributed by atoms with Crippen LogP contribution >= 0.6 is 0 Å². The highest BCUT2D eigenvalue weighted by molar-refractivity contribution is 5.61. The Morgan fingerprint density at radius 1 is 1.16 bits per heavy atom. The van der Waals surface area contributed by atoms with E-state index in [1.54, 1.807) is 0 Å². The first-order chi connectivity index (χ1) is 9.19. The zero-order chi connectivity index (χ0) is 13.8. The monoisotopic (exact) mass is 259 g/mol. The second kappa shape index (κ2) is 5.82. The Morgan fingerprint density at radius 2 is 1.95 bits per heavy atom. The minimum Gasteiger partial charge on any atom is -0.369 e. The molecule has 102 valence electrons. The lowest BCUT2D eigenvalue weighted by molar-refractivity contribution is 0.682. The van der Waals surface area contributed by atoms with Crippen LogP contribution in [0.5, 0.6) is 0 Å². The van der Waals surface area contributed by atoms with E-state index in [0.717, 1.165) is 48.0 Å². The van der Waals surface area contributed by atoms with Gasteiger partial charge in [0.05, 0.1) is 0 Å². The summed E-state index contributed by atoms with van der Waals surface area (Å²) in [6, 6.07) is 0. The van der Waals surface area contributed by atoms with Crippen molar-refractivity contribution < 1.29 is 0 Å². The lowest BCUT2D eigenvalue weighted by Crippen LogP contribution is -2.08. The van der Waals surface area contributed by atoms with Crippen molar-refractivity contribution in [3.63, 3.8) is 0 Å². The van der Waals surface area contributed by atoms with Gasteiger partial charge in [-0.1, -0.05) is 6.92 Å². The number of aromatic nitrogens is 4. The molecule has 0 atom stereocenters. The maximum atomic E-state index is 4.42. The summed E-state index contributed by atoms with van der Waals surface area (Å²) in [5, 5.41) is 11.8. The predicted molar refractivity (Wildman–Crippen MR) is 77.2 cm³/mol. The molecule has 0 unspecified atom stereocenters. The second-order valence-corrected chi connectivity index (χ2v) is 4.62. The Kier molecular flexibility index (Phi) is 4.14. The van der Waals surface area contributed by atoms with Gasteiger partial charge >= 0.3 is 0 Å². The Hall–Kier alpha value is -1.91. The van der Waals surface area contributed by atoms with Gasteiger partial charge in [0.1, 0.15) is 5.69 Å². The van der Waals surface area contributed by atoms with Gasteiger partial charge in [0.25, 0.3) is 0 Å². The summed E-state index contributed by atoms with van der Waals surface area (Å²) in [6.45, 7) is 10.1. The van der Waals surface area contributed by atoms with E-state index in [1.807, 2.05) is 12.4 Å². The molecule has 0 amide bonds. The van der Waals surface area contributed by atoms with Gasteiger partial charge in [0.15, 0.2) is 11.6 Å². The highest BCUT2D eigenvalue weighted by atomic mass is 15.2. The number of rotatable bonds is 5. The minimum atomic E-state index is 0.846. The van der Waals surface area contributed by atoms with Gasteiger partial charge in [-0.05, 0) is 38.3 Å². The van der Waals surface area contributed by atoms with Gasteiger partial charge in [-0.25, -0.2) is 4.98 Å². The summed E-state index contributed by atoms with van der Waals surface area (Å²) >= 11 is 0. The molecule has 5 nitrogen and oxygen atoms in total. The van der Waals surface area contributed by atoms with Crippen molar-refractivity contribution in [2.24, 2.45) is 0 Å². The Bertz CT molecular complexity index is 559. The summed E-state index contributed by atoms with van der Waals surface area (Å²) < 4.78 is 2.13. The van der Waals surface area contributed by atoms with Crippen molar-refractivity contribution in [3.8, 4) is 11.5 Å². The topological polar surface area (TPSA) is 55.6 Å². The molecule has 19 heavy (non-hydrogen) atoms. The van der Waals surface area contributed by atoms with Crippen LogP contribution in [0.3, 0.4) is 0 Å². The van der Waals surface area contributed by atoms with Crippen LogP contribution in [-0.2, 0) is 6.54 Å². The fourth-order valence-corrected chi connectivity index (χ4v) is 2.10. The first kappa shape index (κ1) is 13.5. The summed E-state index contributed by atoms with van der Waals surface area (Å²) in [6.07, 6.45) is 4.89. The van der Waals surface area contributed by atoms with Crippen molar-refractivity contribution in [1.82, 2.24) is 19.7 Å². The van der Waals surface area contributed by atoms with E-state index >= 15 is 0 Å². The van der Waals surface area contributed by atoms with Crippen molar-refractivity contribution in [1.29, 1.82) is 0 Å². The first-order valence-corrected chi connectivity index (χ1v) is 6.78. The third kappa shape index (κ3) is 2.59. The molecule has 0 fully saturated rings. The first-order valence-electron chi connectivity index (χ1n) is 6.78. The summed E-state index contributed by atoms with van der Waals surface area (Å²) in [4.78, 5) is 4.42. The van der Waals surface area contributed by atoms with E-state index in [0.29, 0.717) is 0 Å². The van der Waals surface area contributed by atoms with E-state index in [-0.39, 0.29) is 0 Å². The molecule has 0 aliphatic carbocycles. The van der Waals surface area contributed by atoms with Crippen molar-refractivity contribution >= 4 is 5.82 Å². The molecule has 2 rings (SSSR count). The Balaban J connectivity index is 2.45. The summed E-state index contributed by atoms with van der Waals surface area (Å²) in [7, 11) is 0. The Morgan fingerprint density at radius 3 is 2.63 bits per heavy atom. The molecule has 0 spiro atoms. The average molecular weight is 259 g/mol. The second-order valence-electron chi connectivity index (χ2n) is 4.62. The summed E-state index contributed by atoms with van der Waals surface area (Å²) in [5.74, 6) is 1.76. The number of anilines is 1. The number of imidazole rings is 1. The molecule has 2 aromatic rings. The normalized spacial score (nSPS) is 10.7. The highest BCUT2D eigenvalue weighted by Gasteiger charge is 2.14. The van der Waals surface area contributed by atoms with Crippen LogP contribution in [-0.4, -0.2) is 26.3 Å². The number of nitrogens with one attached hydrogen (secondary N) is 1. The van der Waals surface area contributed by atoms with E-state index in [9.17, 15) is 0 Å². The standard InChI is InChI=1S/C14H21N5/c1-5-8-19-9-7-16-14(19)12-10(3)11(4)13(15-6-2)18-17-12/h7,9H,5-6,8H2,1-4H3,(H,15,18). The molecule has 0 bridgehead atoms. The highest BCUT2D eigenvalue weighted by Crippen LogP contribution is 2.24. The van der Waals surface area contributed by atoms with E-state index in [1.165, 1.54) is 0 Å². The van der Waals surface area contributed by atoms with Crippen LogP contribution in [0.1, 0.15) is 31.4 Å². The van der Waals surface area contributed by atoms with Gasteiger partial charge < -0.3 is 9.88 Å². The zero-order valence-electron chi connectivity index (χ0n) is 12.1. The molecule has 1 N–H and O–H groups in total. The molecule has 2 aromatic heterocycles. The van der Waals surface area contributed by atoms with Crippen LogP contribution in [0.15, 0.2) is 12.4 Å². The van der Waals surface area contributed by atoms with E-state index in [4.69, 9.17) is 0 Å². The third-order valence-corrected chi connectivity index (χ3v) is 3.26. The predicted octanol–water partition coefficient (Wildman–Crippen LogP) is 2.80. The molecular weight excluding hydrogens is 238 g/mol. The lowest BCUT2D eigenvalue weighted by Gasteiger charge is -2.12. The molecule has 0 aromatic carbocycles. The van der Waals surface area contributed by atoms with Crippen molar-refractivity contribution in [2.75, 3.05) is 11.9 Å². The third-order valence-electron chi connectivity index (χ3n) is 3.26. The fourth-order valence-electron chi connectivity index (χ4n) is 2.10. The molecular formula is C14H21N5. The van der Waals surface area contributed by atoms with Gasteiger partial charge in [-0.2, -0.15) is 0 Å². The van der Waals surface area contributed by atoms with E-state index < -0.39 is 0 Å². The number of hydrogen-bond acceptors (Lipinski definition) is 4. The average Bonchev–Trinajstić information content (AvgIpc) is 2.84. The van der Waals surface area contributed by atoms with Crippen LogP contribution in [0.4, 0.5) is 5.82 Å². The molecule has 2 heterocycles. The van der Waals surface area contributed by atoms with Crippen molar-refractivity contribution in [2.45, 2.75) is 40.7 Å². The molecule has 0 saturated heterocycles. The van der Waals surface area contributed by atoms with Gasteiger partial charge in [0, 0.05) is 25.5 Å². The Labute approximate surface area is 114 Å². The van der Waals surface area contributed by atoms with E-state index in [2.05, 4.69) is 52.8 Å². The quantitative estimate of drug-likeness (QED) is 0.897. The van der Waals surface area contributed by atoms with Gasteiger partial charge in [-0.3, -0.25) is 0 Å². The number of hydrogen-bond donors (Lipinski definition) is 1. The minimum absolute atomic E-state index is 0.846. The SMILES string of the molecule is CCCn1ccnc1-c1nnc(NCC)c(C)c1C. The largest absolute Gasteiger partial charge is 0.369 e. The number of aryl methyl sites for hydroxylation is 1. The zero-order valence-corrected chi connectivity index (χ0v) is 12.1. The maximum absolute atomic E-state index is 4.42. The summed E-state index contributed by atoms with van der Waals surface area (Å²) in [5.41, 5.74) is 3.14. The van der Waals surface area contributed by atoms with Crippen molar-refractivity contribution in [3.05, 3.63) is 23.5 Å². The molecule has 0 saturated carbocycles. The molecule has 0 aliphatic heterocycles. The molecule has 0 aliphatic rings. The van der Waals surface area contributed by atoms with Crippen LogP contribution in [0, 0.1) is 13.8 Å². The maximum Gasteiger partial charge on any atom is 0.160 e. The lowest BCUT2D eigenvalue weighted by atomic mass is 10.1. The van der Waals surface area contributed by atoms with Crippen LogP contribution < -0.4 is 5.32 Å². The van der Waals surface area contributed by atoms with Crippen LogP contribution in [0.25, 0.3) is 11.5 Å². The number of nitrogens with zero attached hydrogens (tertiary/aromatic N) is 4. The smallest absolute Gasteiger partial charge is 0.160 e. The van der Waals surface area contributed by atoms with Gasteiger partial charge in [-0.15, -0.1) is 10.2 Å². The van der Waals surface area contributed by atoms with Gasteiger partial charge in [0.2, 0.25) is 0 Å².